The van der Waals surface area contributed by atoms with Crippen LogP contribution in [-0.2, 0) is 9.53 Å². The number of hydrogen-bond donors (Lipinski definition) is 2. The molecule has 2 rings (SSSR count). The molecule has 2 atom stereocenters. The average molecular weight is 322 g/mol. The van der Waals surface area contributed by atoms with Crippen LogP contribution >= 0.6 is 0 Å². The third kappa shape index (κ3) is 4.76. The SMILES string of the molecule is COc1ccc(N)cc1O[C@@H](C(=O)OC(C)(C)C)C1CCCN1. The maximum absolute atomic E-state index is 12.6. The summed E-state index contributed by atoms with van der Waals surface area (Å²) in [4.78, 5) is 12.6. The molecule has 0 aromatic heterocycles. The molecule has 23 heavy (non-hydrogen) atoms. The predicted octanol–water partition coefficient (Wildman–Crippen LogP) is 2.12. The lowest BCUT2D eigenvalue weighted by Gasteiger charge is -2.28. The van der Waals surface area contributed by atoms with Gasteiger partial charge in [-0.15, -0.1) is 0 Å². The van der Waals surface area contributed by atoms with Crippen molar-refractivity contribution in [2.24, 2.45) is 0 Å². The Kier molecular flexibility index (Phi) is 5.36. The molecule has 0 aliphatic carbocycles. The second-order valence-electron chi connectivity index (χ2n) is 6.69. The number of esters is 1. The minimum absolute atomic E-state index is 0.0870. The lowest BCUT2D eigenvalue weighted by molar-refractivity contribution is -0.164. The predicted molar refractivity (Wildman–Crippen MR) is 88.7 cm³/mol. The molecule has 1 aromatic rings. The average Bonchev–Trinajstić information content (AvgIpc) is 2.96. The fourth-order valence-electron chi connectivity index (χ4n) is 2.55. The fraction of sp³-hybridized carbons (Fsp3) is 0.588. The molecule has 0 spiro atoms. The van der Waals surface area contributed by atoms with Crippen LogP contribution in [0.15, 0.2) is 18.2 Å². The van der Waals surface area contributed by atoms with Crippen LogP contribution in [-0.4, -0.2) is 37.4 Å². The van der Waals surface area contributed by atoms with Crippen molar-refractivity contribution in [3.8, 4) is 11.5 Å². The quantitative estimate of drug-likeness (QED) is 0.638. The molecule has 1 heterocycles. The molecule has 1 fully saturated rings. The first-order valence-electron chi connectivity index (χ1n) is 7.86. The number of nitrogens with two attached hydrogens (primary N) is 1. The molecule has 1 unspecified atom stereocenters. The van der Waals surface area contributed by atoms with Gasteiger partial charge in [0.05, 0.1) is 13.2 Å². The molecule has 0 bridgehead atoms. The van der Waals surface area contributed by atoms with E-state index in [4.69, 9.17) is 19.9 Å². The van der Waals surface area contributed by atoms with E-state index < -0.39 is 11.7 Å². The summed E-state index contributed by atoms with van der Waals surface area (Å²) in [5.41, 5.74) is 5.79. The van der Waals surface area contributed by atoms with Crippen LogP contribution in [0.4, 0.5) is 5.69 Å². The molecular weight excluding hydrogens is 296 g/mol. The van der Waals surface area contributed by atoms with Gasteiger partial charge in [0.25, 0.3) is 0 Å². The summed E-state index contributed by atoms with van der Waals surface area (Å²) < 4.78 is 16.8. The molecule has 6 nitrogen and oxygen atoms in total. The molecule has 3 N–H and O–H groups in total. The first kappa shape index (κ1) is 17.4. The summed E-state index contributed by atoms with van der Waals surface area (Å²) in [6.07, 6.45) is 1.11. The Hall–Kier alpha value is -1.95. The van der Waals surface area contributed by atoms with E-state index in [9.17, 15) is 4.79 Å². The summed E-state index contributed by atoms with van der Waals surface area (Å²) in [6.45, 7) is 6.38. The summed E-state index contributed by atoms with van der Waals surface area (Å²) in [5, 5.41) is 3.30. The Morgan fingerprint density at radius 1 is 1.35 bits per heavy atom. The van der Waals surface area contributed by atoms with Crippen molar-refractivity contribution in [3.63, 3.8) is 0 Å². The number of nitrogen functional groups attached to an aromatic ring is 1. The highest BCUT2D eigenvalue weighted by atomic mass is 16.6. The number of rotatable bonds is 5. The fourth-order valence-corrected chi connectivity index (χ4v) is 2.55. The maximum atomic E-state index is 12.6. The lowest BCUT2D eigenvalue weighted by Crippen LogP contribution is -2.47. The van der Waals surface area contributed by atoms with E-state index in [0.717, 1.165) is 19.4 Å². The topological polar surface area (TPSA) is 82.8 Å². The van der Waals surface area contributed by atoms with Gasteiger partial charge in [0.1, 0.15) is 5.60 Å². The van der Waals surface area contributed by atoms with Gasteiger partial charge in [-0.25, -0.2) is 4.79 Å². The molecule has 0 saturated carbocycles. The number of anilines is 1. The highest BCUT2D eigenvalue weighted by molar-refractivity contribution is 5.77. The number of benzene rings is 1. The van der Waals surface area contributed by atoms with Crippen molar-refractivity contribution >= 4 is 11.7 Å². The van der Waals surface area contributed by atoms with Gasteiger partial charge in [-0.2, -0.15) is 0 Å². The van der Waals surface area contributed by atoms with Gasteiger partial charge in [-0.3, -0.25) is 0 Å². The largest absolute Gasteiger partial charge is 0.493 e. The molecule has 1 aliphatic rings. The summed E-state index contributed by atoms with van der Waals surface area (Å²) in [7, 11) is 1.55. The highest BCUT2D eigenvalue weighted by Gasteiger charge is 2.36. The van der Waals surface area contributed by atoms with Gasteiger partial charge in [0.2, 0.25) is 6.10 Å². The van der Waals surface area contributed by atoms with E-state index in [1.165, 1.54) is 0 Å². The molecule has 1 aromatic carbocycles. The number of methoxy groups -OCH3 is 1. The van der Waals surface area contributed by atoms with Gasteiger partial charge in [-0.05, 0) is 52.3 Å². The second kappa shape index (κ2) is 7.08. The molecule has 1 aliphatic heterocycles. The minimum atomic E-state index is -0.743. The van der Waals surface area contributed by atoms with Gasteiger partial charge in [0, 0.05) is 11.8 Å². The molecule has 6 heteroatoms. The zero-order valence-electron chi connectivity index (χ0n) is 14.2. The van der Waals surface area contributed by atoms with Crippen molar-refractivity contribution in [2.45, 2.75) is 51.4 Å². The summed E-state index contributed by atoms with van der Waals surface area (Å²) in [6, 6.07) is 5.02. The van der Waals surface area contributed by atoms with Crippen LogP contribution in [0.1, 0.15) is 33.6 Å². The van der Waals surface area contributed by atoms with Crippen molar-refractivity contribution in [1.29, 1.82) is 0 Å². The Labute approximate surface area is 137 Å². The monoisotopic (exact) mass is 322 g/mol. The third-order valence-electron chi connectivity index (χ3n) is 3.54. The molecule has 0 amide bonds. The Morgan fingerprint density at radius 2 is 2.09 bits per heavy atom. The Morgan fingerprint density at radius 3 is 2.65 bits per heavy atom. The van der Waals surface area contributed by atoms with Crippen molar-refractivity contribution in [1.82, 2.24) is 5.32 Å². The van der Waals surface area contributed by atoms with Crippen LogP contribution < -0.4 is 20.5 Å². The van der Waals surface area contributed by atoms with Crippen LogP contribution in [0, 0.1) is 0 Å². The van der Waals surface area contributed by atoms with Crippen molar-refractivity contribution < 1.29 is 19.0 Å². The zero-order valence-corrected chi connectivity index (χ0v) is 14.2. The Bertz CT molecular complexity index is 548. The third-order valence-corrected chi connectivity index (χ3v) is 3.54. The van der Waals surface area contributed by atoms with E-state index in [1.54, 1.807) is 25.3 Å². The zero-order chi connectivity index (χ0) is 17.0. The van der Waals surface area contributed by atoms with E-state index in [0.29, 0.717) is 17.2 Å². The minimum Gasteiger partial charge on any atom is -0.493 e. The number of hydrogen-bond acceptors (Lipinski definition) is 6. The van der Waals surface area contributed by atoms with Crippen molar-refractivity contribution in [3.05, 3.63) is 18.2 Å². The first-order chi connectivity index (χ1) is 10.8. The first-order valence-corrected chi connectivity index (χ1v) is 7.86. The normalized spacial score (nSPS) is 19.2. The summed E-state index contributed by atoms with van der Waals surface area (Å²) in [5.74, 6) is 0.587. The van der Waals surface area contributed by atoms with Gasteiger partial charge in [-0.1, -0.05) is 0 Å². The molecule has 0 radical (unpaired) electrons. The van der Waals surface area contributed by atoms with Crippen molar-refractivity contribution in [2.75, 3.05) is 19.4 Å². The Balaban J connectivity index is 2.24. The number of ether oxygens (including phenoxy) is 3. The smallest absolute Gasteiger partial charge is 0.349 e. The van der Waals surface area contributed by atoms with E-state index in [2.05, 4.69) is 5.32 Å². The van der Waals surface area contributed by atoms with Crippen LogP contribution in [0.3, 0.4) is 0 Å². The highest BCUT2D eigenvalue weighted by Crippen LogP contribution is 2.31. The van der Waals surface area contributed by atoms with Gasteiger partial charge in [0.15, 0.2) is 11.5 Å². The van der Waals surface area contributed by atoms with E-state index in [1.807, 2.05) is 20.8 Å². The molecular formula is C17H26N2O4. The van der Waals surface area contributed by atoms with Gasteiger partial charge >= 0.3 is 5.97 Å². The standard InChI is InChI=1S/C17H26N2O4/c1-17(2,3)23-16(20)15(12-6-5-9-19-12)22-14-10-11(18)7-8-13(14)21-4/h7-8,10,12,15,19H,5-6,9,18H2,1-4H3/t12?,15-/m1/s1. The van der Waals surface area contributed by atoms with Crippen LogP contribution in [0.5, 0.6) is 11.5 Å². The van der Waals surface area contributed by atoms with Gasteiger partial charge < -0.3 is 25.3 Å². The molecule has 1 saturated heterocycles. The molecule has 128 valence electrons. The second-order valence-corrected chi connectivity index (χ2v) is 6.69. The number of nitrogens with one attached hydrogen (secondary N) is 1. The van der Waals surface area contributed by atoms with Crippen LogP contribution in [0.25, 0.3) is 0 Å². The lowest BCUT2D eigenvalue weighted by atomic mass is 10.1. The van der Waals surface area contributed by atoms with E-state index >= 15 is 0 Å². The number of carbonyl (C=O) groups is 1. The maximum Gasteiger partial charge on any atom is 0.349 e. The van der Waals surface area contributed by atoms with E-state index in [-0.39, 0.29) is 12.0 Å². The summed E-state index contributed by atoms with van der Waals surface area (Å²) >= 11 is 0. The number of carbonyl (C=O) groups excluding carboxylic acids is 1. The van der Waals surface area contributed by atoms with Crippen LogP contribution in [0.2, 0.25) is 0 Å².